The van der Waals surface area contributed by atoms with Gasteiger partial charge in [-0.05, 0) is 18.2 Å². The number of benzene rings is 1. The molecule has 0 saturated heterocycles. The highest BCUT2D eigenvalue weighted by atomic mass is 32.2. The van der Waals surface area contributed by atoms with Gasteiger partial charge in [0.15, 0.2) is 0 Å². The number of nitrogen functional groups attached to an aromatic ring is 1. The van der Waals surface area contributed by atoms with Gasteiger partial charge in [0.1, 0.15) is 6.54 Å². The largest absolute Gasteiger partial charge is 0.399 e. The molecule has 0 bridgehead atoms. The molecule has 1 aromatic rings. The molecule has 6 heteroatoms. The van der Waals surface area contributed by atoms with Gasteiger partial charge in [-0.1, -0.05) is 0 Å². The van der Waals surface area contributed by atoms with Crippen LogP contribution in [0.3, 0.4) is 0 Å². The number of nitrogens with zero attached hydrogens (tertiary/aromatic N) is 1. The number of anilines is 2. The SMILES string of the molecule is NC(=O)CN1C(=O)CSc2cc(N)ccc21. The third-order valence-corrected chi connectivity index (χ3v) is 3.27. The van der Waals surface area contributed by atoms with Crippen LogP contribution in [0.15, 0.2) is 23.1 Å². The third-order valence-electron chi connectivity index (χ3n) is 2.24. The highest BCUT2D eigenvalue weighted by Crippen LogP contribution is 2.36. The minimum Gasteiger partial charge on any atom is -0.399 e. The molecule has 0 spiro atoms. The lowest BCUT2D eigenvalue weighted by Crippen LogP contribution is -2.41. The van der Waals surface area contributed by atoms with E-state index in [1.807, 2.05) is 0 Å². The maximum absolute atomic E-state index is 11.6. The second kappa shape index (κ2) is 4.05. The van der Waals surface area contributed by atoms with Gasteiger partial charge in [0.2, 0.25) is 11.8 Å². The lowest BCUT2D eigenvalue weighted by Gasteiger charge is -2.27. The van der Waals surface area contributed by atoms with Crippen LogP contribution in [0.5, 0.6) is 0 Å². The van der Waals surface area contributed by atoms with Gasteiger partial charge in [0.25, 0.3) is 0 Å². The zero-order chi connectivity index (χ0) is 11.7. The molecule has 5 nitrogen and oxygen atoms in total. The second-order valence-corrected chi connectivity index (χ2v) is 4.48. The van der Waals surface area contributed by atoms with Gasteiger partial charge in [-0.3, -0.25) is 9.59 Å². The Morgan fingerprint density at radius 3 is 2.94 bits per heavy atom. The Morgan fingerprint density at radius 2 is 2.25 bits per heavy atom. The Hall–Kier alpha value is -1.69. The molecule has 1 aromatic carbocycles. The maximum Gasteiger partial charge on any atom is 0.237 e. The third kappa shape index (κ3) is 1.96. The normalized spacial score (nSPS) is 14.8. The van der Waals surface area contributed by atoms with Crippen LogP contribution in [-0.4, -0.2) is 24.1 Å². The quantitative estimate of drug-likeness (QED) is 0.719. The molecular formula is C10H11N3O2S. The minimum atomic E-state index is -0.525. The molecule has 0 saturated carbocycles. The smallest absolute Gasteiger partial charge is 0.237 e. The summed E-state index contributed by atoms with van der Waals surface area (Å²) < 4.78 is 0. The van der Waals surface area contributed by atoms with Crippen LogP contribution in [-0.2, 0) is 9.59 Å². The van der Waals surface area contributed by atoms with Crippen molar-refractivity contribution in [3.63, 3.8) is 0 Å². The first-order valence-corrected chi connectivity index (χ1v) is 5.67. The van der Waals surface area contributed by atoms with E-state index in [9.17, 15) is 9.59 Å². The second-order valence-electron chi connectivity index (χ2n) is 3.46. The molecule has 2 amide bonds. The summed E-state index contributed by atoms with van der Waals surface area (Å²) in [4.78, 5) is 24.8. The van der Waals surface area contributed by atoms with Gasteiger partial charge in [-0.2, -0.15) is 0 Å². The van der Waals surface area contributed by atoms with Crippen LogP contribution in [0.1, 0.15) is 0 Å². The van der Waals surface area contributed by atoms with E-state index >= 15 is 0 Å². The summed E-state index contributed by atoms with van der Waals surface area (Å²) in [6.45, 7) is -0.0870. The van der Waals surface area contributed by atoms with Crippen molar-refractivity contribution in [1.82, 2.24) is 0 Å². The zero-order valence-corrected chi connectivity index (χ0v) is 9.29. The van der Waals surface area contributed by atoms with E-state index in [1.54, 1.807) is 18.2 Å². The molecule has 0 fully saturated rings. The fourth-order valence-electron chi connectivity index (χ4n) is 1.55. The van der Waals surface area contributed by atoms with E-state index in [1.165, 1.54) is 16.7 Å². The van der Waals surface area contributed by atoms with Crippen molar-refractivity contribution in [1.29, 1.82) is 0 Å². The van der Waals surface area contributed by atoms with E-state index in [-0.39, 0.29) is 12.5 Å². The van der Waals surface area contributed by atoms with Gasteiger partial charge in [-0.25, -0.2) is 0 Å². The van der Waals surface area contributed by atoms with Crippen LogP contribution in [0.2, 0.25) is 0 Å². The van der Waals surface area contributed by atoms with Gasteiger partial charge < -0.3 is 16.4 Å². The molecule has 1 heterocycles. The monoisotopic (exact) mass is 237 g/mol. The Bertz CT molecular complexity index is 461. The minimum absolute atomic E-state index is 0.0870. The summed E-state index contributed by atoms with van der Waals surface area (Å²) in [7, 11) is 0. The number of hydrogen-bond donors (Lipinski definition) is 2. The predicted octanol–water partition coefficient (Wildman–Crippen LogP) is 0.193. The fourth-order valence-corrected chi connectivity index (χ4v) is 2.53. The Kier molecular flexibility index (Phi) is 2.74. The molecular weight excluding hydrogens is 226 g/mol. The van der Waals surface area contributed by atoms with Crippen molar-refractivity contribution >= 4 is 35.0 Å². The van der Waals surface area contributed by atoms with Gasteiger partial charge in [-0.15, -0.1) is 11.8 Å². The molecule has 1 aliphatic heterocycles. The highest BCUT2D eigenvalue weighted by molar-refractivity contribution is 8.00. The number of rotatable bonds is 2. The van der Waals surface area contributed by atoms with E-state index in [0.29, 0.717) is 17.1 Å². The Balaban J connectivity index is 2.40. The van der Waals surface area contributed by atoms with E-state index in [0.717, 1.165) is 4.90 Å². The van der Waals surface area contributed by atoms with Crippen molar-refractivity contribution < 1.29 is 9.59 Å². The van der Waals surface area contributed by atoms with Crippen molar-refractivity contribution in [2.45, 2.75) is 4.90 Å². The molecule has 0 unspecified atom stereocenters. The fraction of sp³-hybridized carbons (Fsp3) is 0.200. The maximum atomic E-state index is 11.6. The predicted molar refractivity (Wildman–Crippen MR) is 63.1 cm³/mol. The van der Waals surface area contributed by atoms with Crippen molar-refractivity contribution in [3.05, 3.63) is 18.2 Å². The Morgan fingerprint density at radius 1 is 1.50 bits per heavy atom. The number of hydrogen-bond acceptors (Lipinski definition) is 4. The average Bonchev–Trinajstić information content (AvgIpc) is 2.22. The number of nitrogens with two attached hydrogens (primary N) is 2. The molecule has 4 N–H and O–H groups in total. The van der Waals surface area contributed by atoms with Crippen LogP contribution in [0.25, 0.3) is 0 Å². The van der Waals surface area contributed by atoms with Crippen LogP contribution < -0.4 is 16.4 Å². The summed E-state index contributed by atoms with van der Waals surface area (Å²) in [5, 5.41) is 0. The first-order chi connectivity index (χ1) is 7.58. The van der Waals surface area contributed by atoms with Crippen LogP contribution >= 0.6 is 11.8 Å². The first-order valence-electron chi connectivity index (χ1n) is 4.69. The highest BCUT2D eigenvalue weighted by Gasteiger charge is 2.25. The lowest BCUT2D eigenvalue weighted by molar-refractivity contribution is -0.121. The summed E-state index contributed by atoms with van der Waals surface area (Å²) in [5.41, 5.74) is 12.1. The molecule has 0 atom stereocenters. The molecule has 0 aliphatic carbocycles. The number of thioether (sulfide) groups is 1. The molecule has 0 aromatic heterocycles. The number of carbonyl (C=O) groups is 2. The van der Waals surface area contributed by atoms with E-state index in [4.69, 9.17) is 11.5 Å². The number of primary amides is 1. The molecule has 16 heavy (non-hydrogen) atoms. The lowest BCUT2D eigenvalue weighted by atomic mass is 10.2. The number of carbonyl (C=O) groups excluding carboxylic acids is 2. The van der Waals surface area contributed by atoms with E-state index < -0.39 is 5.91 Å². The van der Waals surface area contributed by atoms with E-state index in [2.05, 4.69) is 0 Å². The molecule has 0 radical (unpaired) electrons. The van der Waals surface area contributed by atoms with Gasteiger partial charge >= 0.3 is 0 Å². The van der Waals surface area contributed by atoms with Crippen LogP contribution in [0.4, 0.5) is 11.4 Å². The van der Waals surface area contributed by atoms with Gasteiger partial charge in [0, 0.05) is 10.6 Å². The average molecular weight is 237 g/mol. The summed E-state index contributed by atoms with van der Waals surface area (Å²) in [6.07, 6.45) is 0. The summed E-state index contributed by atoms with van der Waals surface area (Å²) in [5.74, 6) is -0.326. The van der Waals surface area contributed by atoms with Gasteiger partial charge in [0.05, 0.1) is 11.4 Å². The van der Waals surface area contributed by atoms with Crippen LogP contribution in [0, 0.1) is 0 Å². The zero-order valence-electron chi connectivity index (χ0n) is 8.47. The molecule has 84 valence electrons. The van der Waals surface area contributed by atoms with Crippen molar-refractivity contribution in [2.75, 3.05) is 22.9 Å². The Labute approximate surface area is 96.8 Å². The standard InChI is InChI=1S/C10H11N3O2S/c11-6-1-2-7-8(3-6)16-5-10(15)13(7)4-9(12)14/h1-3H,4-5,11H2,(H2,12,14). The first kappa shape index (κ1) is 10.8. The number of fused-ring (bicyclic) bond motifs is 1. The van der Waals surface area contributed by atoms with Crippen molar-refractivity contribution in [3.8, 4) is 0 Å². The topological polar surface area (TPSA) is 89.4 Å². The number of amides is 2. The molecule has 2 rings (SSSR count). The summed E-state index contributed by atoms with van der Waals surface area (Å²) in [6, 6.07) is 5.23. The molecule has 1 aliphatic rings. The van der Waals surface area contributed by atoms with Crippen molar-refractivity contribution in [2.24, 2.45) is 5.73 Å². The summed E-state index contributed by atoms with van der Waals surface area (Å²) >= 11 is 1.42.